The van der Waals surface area contributed by atoms with Gasteiger partial charge in [-0.25, -0.2) is 0 Å². The molecule has 1 amide bonds. The number of amides is 1. The van der Waals surface area contributed by atoms with Crippen LogP contribution in [0, 0.1) is 0 Å². The van der Waals surface area contributed by atoms with Crippen molar-refractivity contribution in [3.05, 3.63) is 28.2 Å². The molecule has 0 aromatic heterocycles. The summed E-state index contributed by atoms with van der Waals surface area (Å²) in [6, 6.07) is 6.00. The normalized spacial score (nSPS) is 21.5. The second-order valence-corrected chi connectivity index (χ2v) is 7.38. The zero-order chi connectivity index (χ0) is 17.7. The molecule has 1 aromatic carbocycles. The van der Waals surface area contributed by atoms with Crippen molar-refractivity contribution in [2.45, 2.75) is 44.7 Å². The molecule has 0 bridgehead atoms. The molecule has 1 heterocycles. The summed E-state index contributed by atoms with van der Waals surface area (Å²) in [7, 11) is 4.06. The van der Waals surface area contributed by atoms with E-state index in [9.17, 15) is 4.79 Å². The summed E-state index contributed by atoms with van der Waals surface area (Å²) in [5.74, 6) is 0.786. The summed E-state index contributed by atoms with van der Waals surface area (Å²) in [4.78, 5) is 16.6. The summed E-state index contributed by atoms with van der Waals surface area (Å²) in [6.45, 7) is 3.72. The summed E-state index contributed by atoms with van der Waals surface area (Å²) >= 11 is 11.9. The summed E-state index contributed by atoms with van der Waals surface area (Å²) in [5, 5.41) is 1.07. The zero-order valence-corrected chi connectivity index (χ0v) is 16.1. The maximum absolute atomic E-state index is 12.4. The van der Waals surface area contributed by atoms with E-state index < -0.39 is 0 Å². The molecular weight excluding hydrogens is 347 g/mol. The molecule has 1 saturated heterocycles. The molecule has 0 radical (unpaired) electrons. The molecule has 0 aliphatic carbocycles. The molecule has 4 nitrogen and oxygen atoms in total. The average Bonchev–Trinajstić information content (AvgIpc) is 2.54. The van der Waals surface area contributed by atoms with E-state index in [2.05, 4.69) is 18.9 Å². The number of carbonyl (C=O) groups excluding carboxylic acids is 1. The fraction of sp³-hybridized carbons (Fsp3) is 0.611. The van der Waals surface area contributed by atoms with Crippen molar-refractivity contribution in [2.75, 3.05) is 27.2 Å². The number of likely N-dealkylation sites (tertiary alicyclic amines) is 1. The van der Waals surface area contributed by atoms with Crippen LogP contribution in [-0.4, -0.2) is 55.0 Å². The van der Waals surface area contributed by atoms with Gasteiger partial charge < -0.3 is 14.5 Å². The van der Waals surface area contributed by atoms with Gasteiger partial charge in [0.25, 0.3) is 0 Å². The number of benzene rings is 1. The molecule has 2 rings (SSSR count). The van der Waals surface area contributed by atoms with Gasteiger partial charge >= 0.3 is 0 Å². The maximum atomic E-state index is 12.4. The predicted molar refractivity (Wildman–Crippen MR) is 99.1 cm³/mol. The molecule has 1 aromatic rings. The number of nitrogens with zero attached hydrogens (tertiary/aromatic N) is 2. The third kappa shape index (κ3) is 5.27. The topological polar surface area (TPSA) is 32.8 Å². The Morgan fingerprint density at radius 3 is 2.83 bits per heavy atom. The number of hydrogen-bond acceptors (Lipinski definition) is 3. The first-order chi connectivity index (χ1) is 11.4. The fourth-order valence-electron chi connectivity index (χ4n) is 2.99. The number of ether oxygens (including phenoxy) is 1. The van der Waals surface area contributed by atoms with Gasteiger partial charge in [0.2, 0.25) is 5.91 Å². The van der Waals surface area contributed by atoms with E-state index in [0.29, 0.717) is 47.3 Å². The van der Waals surface area contributed by atoms with E-state index >= 15 is 0 Å². The highest BCUT2D eigenvalue weighted by Gasteiger charge is 2.27. The van der Waals surface area contributed by atoms with Gasteiger partial charge in [0.1, 0.15) is 5.75 Å². The third-order valence-electron chi connectivity index (χ3n) is 4.81. The van der Waals surface area contributed by atoms with E-state index in [1.165, 1.54) is 0 Å². The minimum absolute atomic E-state index is 0.183. The minimum Gasteiger partial charge on any atom is -0.492 e. The first kappa shape index (κ1) is 19.4. The van der Waals surface area contributed by atoms with Crippen LogP contribution in [-0.2, 0) is 4.79 Å². The Hall–Kier alpha value is -0.970. The largest absolute Gasteiger partial charge is 0.492 e. The lowest BCUT2D eigenvalue weighted by Crippen LogP contribution is -2.48. The van der Waals surface area contributed by atoms with E-state index in [4.69, 9.17) is 27.9 Å². The van der Waals surface area contributed by atoms with Crippen molar-refractivity contribution in [1.82, 2.24) is 9.80 Å². The SMILES string of the molecule is C[C@H]1C[C@@H](N(C)C(=O)CCCOc2ccc(Cl)cc2Cl)CCN1C. The van der Waals surface area contributed by atoms with Crippen LogP contribution in [0.5, 0.6) is 5.75 Å². The summed E-state index contributed by atoms with van der Waals surface area (Å²) < 4.78 is 5.63. The van der Waals surface area contributed by atoms with Gasteiger partial charge in [-0.3, -0.25) is 4.79 Å². The standard InChI is InChI=1S/C18H26Cl2N2O2/c1-13-11-15(8-9-21(13)2)22(3)18(23)5-4-10-24-17-7-6-14(19)12-16(17)20/h6-7,12-13,15H,4-5,8-11H2,1-3H3/t13-,15-/m0/s1. The highest BCUT2D eigenvalue weighted by Crippen LogP contribution is 2.27. The van der Waals surface area contributed by atoms with Gasteiger partial charge in [-0.2, -0.15) is 0 Å². The third-order valence-corrected chi connectivity index (χ3v) is 5.34. The second kappa shape index (κ2) is 8.93. The van der Waals surface area contributed by atoms with E-state index in [1.807, 2.05) is 11.9 Å². The monoisotopic (exact) mass is 372 g/mol. The van der Waals surface area contributed by atoms with Gasteiger partial charge in [-0.1, -0.05) is 23.2 Å². The van der Waals surface area contributed by atoms with Crippen LogP contribution in [0.3, 0.4) is 0 Å². The van der Waals surface area contributed by atoms with Crippen molar-refractivity contribution in [3.8, 4) is 5.75 Å². The molecule has 1 aliphatic heterocycles. The Kier molecular flexibility index (Phi) is 7.20. The van der Waals surface area contributed by atoms with Gasteiger partial charge in [0, 0.05) is 37.1 Å². The molecule has 24 heavy (non-hydrogen) atoms. The van der Waals surface area contributed by atoms with Crippen LogP contribution in [0.25, 0.3) is 0 Å². The number of halogens is 2. The van der Waals surface area contributed by atoms with Gasteiger partial charge in [0.05, 0.1) is 11.6 Å². The second-order valence-electron chi connectivity index (χ2n) is 6.54. The first-order valence-electron chi connectivity index (χ1n) is 8.42. The van der Waals surface area contributed by atoms with Crippen LogP contribution in [0.2, 0.25) is 10.0 Å². The minimum atomic E-state index is 0.183. The molecule has 0 N–H and O–H groups in total. The maximum Gasteiger partial charge on any atom is 0.222 e. The molecular formula is C18H26Cl2N2O2. The van der Waals surface area contributed by atoms with E-state index in [0.717, 1.165) is 19.4 Å². The van der Waals surface area contributed by atoms with Crippen molar-refractivity contribution < 1.29 is 9.53 Å². The molecule has 1 fully saturated rings. The number of hydrogen-bond donors (Lipinski definition) is 0. The Morgan fingerprint density at radius 1 is 1.42 bits per heavy atom. The highest BCUT2D eigenvalue weighted by atomic mass is 35.5. The molecule has 1 aliphatic rings. The first-order valence-corrected chi connectivity index (χ1v) is 9.18. The van der Waals surface area contributed by atoms with Crippen LogP contribution < -0.4 is 4.74 Å². The fourth-order valence-corrected chi connectivity index (χ4v) is 3.46. The smallest absolute Gasteiger partial charge is 0.222 e. The van der Waals surface area contributed by atoms with Gasteiger partial charge in [-0.15, -0.1) is 0 Å². The van der Waals surface area contributed by atoms with E-state index in [-0.39, 0.29) is 5.91 Å². The highest BCUT2D eigenvalue weighted by molar-refractivity contribution is 6.35. The zero-order valence-electron chi connectivity index (χ0n) is 14.6. The van der Waals surface area contributed by atoms with Crippen molar-refractivity contribution >= 4 is 29.1 Å². The summed E-state index contributed by atoms with van der Waals surface area (Å²) in [5.41, 5.74) is 0. The van der Waals surface area contributed by atoms with Crippen molar-refractivity contribution in [1.29, 1.82) is 0 Å². The Labute approximate surface area is 154 Å². The van der Waals surface area contributed by atoms with Crippen LogP contribution in [0.4, 0.5) is 0 Å². The Morgan fingerprint density at radius 2 is 2.17 bits per heavy atom. The van der Waals surface area contributed by atoms with Crippen LogP contribution in [0.1, 0.15) is 32.6 Å². The average molecular weight is 373 g/mol. The molecule has 0 unspecified atom stereocenters. The van der Waals surface area contributed by atoms with Crippen LogP contribution in [0.15, 0.2) is 18.2 Å². The van der Waals surface area contributed by atoms with Crippen molar-refractivity contribution in [2.24, 2.45) is 0 Å². The lowest BCUT2D eigenvalue weighted by molar-refractivity contribution is -0.133. The molecule has 6 heteroatoms. The molecule has 134 valence electrons. The molecule has 0 spiro atoms. The quantitative estimate of drug-likeness (QED) is 0.704. The lowest BCUT2D eigenvalue weighted by atomic mass is 9.97. The number of carbonyl (C=O) groups is 1. The Balaban J connectivity index is 1.72. The van der Waals surface area contributed by atoms with Crippen LogP contribution >= 0.6 is 23.2 Å². The van der Waals surface area contributed by atoms with Crippen molar-refractivity contribution in [3.63, 3.8) is 0 Å². The van der Waals surface area contributed by atoms with Gasteiger partial charge in [0.15, 0.2) is 0 Å². The van der Waals surface area contributed by atoms with Gasteiger partial charge in [-0.05, 0) is 51.4 Å². The molecule has 2 atom stereocenters. The van der Waals surface area contributed by atoms with E-state index in [1.54, 1.807) is 18.2 Å². The predicted octanol–water partition coefficient (Wildman–Crippen LogP) is 4.09. The summed E-state index contributed by atoms with van der Waals surface area (Å²) in [6.07, 6.45) is 3.24. The Bertz CT molecular complexity index is 568. The number of piperidine rings is 1. The lowest BCUT2D eigenvalue weighted by Gasteiger charge is -2.39. The molecule has 0 saturated carbocycles. The number of rotatable bonds is 6.